The van der Waals surface area contributed by atoms with Gasteiger partial charge in [-0.15, -0.1) is 0 Å². The Morgan fingerprint density at radius 1 is 0.550 bits per heavy atom. The maximum absolute atomic E-state index is 12.6. The molecule has 0 saturated heterocycles. The molecular formula is C39H58O. The van der Waals surface area contributed by atoms with Crippen molar-refractivity contribution >= 4 is 5.78 Å². The molecule has 2 aromatic rings. The first-order valence-corrected chi connectivity index (χ1v) is 17.3. The summed E-state index contributed by atoms with van der Waals surface area (Å²) in [5, 5.41) is 0. The van der Waals surface area contributed by atoms with Gasteiger partial charge in [0.05, 0.1) is 0 Å². The average molecular weight is 543 g/mol. The number of carbonyl (C=O) groups is 1. The Kier molecular flexibility index (Phi) is 13.3. The first-order chi connectivity index (χ1) is 19.6. The Morgan fingerprint density at radius 2 is 0.925 bits per heavy atom. The minimum absolute atomic E-state index is 0.522. The Morgan fingerprint density at radius 3 is 1.27 bits per heavy atom. The van der Waals surface area contributed by atoms with Crippen molar-refractivity contribution in [2.45, 2.75) is 154 Å². The third-order valence-electron chi connectivity index (χ3n) is 10.4. The van der Waals surface area contributed by atoms with Gasteiger partial charge in [0.1, 0.15) is 5.78 Å². The van der Waals surface area contributed by atoms with Gasteiger partial charge in [0.15, 0.2) is 0 Å². The van der Waals surface area contributed by atoms with Crippen LogP contribution in [0.5, 0.6) is 0 Å². The second-order valence-corrected chi connectivity index (χ2v) is 13.4. The Hall–Kier alpha value is -1.89. The van der Waals surface area contributed by atoms with Crippen LogP contribution < -0.4 is 0 Å². The van der Waals surface area contributed by atoms with Gasteiger partial charge in [-0.25, -0.2) is 0 Å². The molecule has 0 unspecified atom stereocenters. The van der Waals surface area contributed by atoms with Crippen molar-refractivity contribution < 1.29 is 4.79 Å². The van der Waals surface area contributed by atoms with Gasteiger partial charge in [0.2, 0.25) is 0 Å². The highest BCUT2D eigenvalue weighted by atomic mass is 16.1. The number of ketones is 1. The summed E-state index contributed by atoms with van der Waals surface area (Å²) < 4.78 is 0. The SMILES string of the molecule is CCCCc1ccc(C2CCC(CCCC(=O)CCC[C@H]3CC[C@H](c4ccc(CCCC)cc4)CC3)CC2)cc1. The maximum atomic E-state index is 12.6. The summed E-state index contributed by atoms with van der Waals surface area (Å²) in [7, 11) is 0. The summed E-state index contributed by atoms with van der Waals surface area (Å²) in [5.41, 5.74) is 6.10. The van der Waals surface area contributed by atoms with Crippen LogP contribution in [0.2, 0.25) is 0 Å². The number of hydrogen-bond donors (Lipinski definition) is 0. The van der Waals surface area contributed by atoms with E-state index in [0.717, 1.165) is 49.4 Å². The fraction of sp³-hybridized carbons (Fsp3) is 0.667. The van der Waals surface area contributed by atoms with Crippen molar-refractivity contribution in [1.82, 2.24) is 0 Å². The number of aryl methyl sites for hydroxylation is 2. The van der Waals surface area contributed by atoms with E-state index in [1.165, 1.54) is 114 Å². The lowest BCUT2D eigenvalue weighted by Crippen LogP contribution is -2.14. The van der Waals surface area contributed by atoms with E-state index >= 15 is 0 Å². The number of benzene rings is 2. The van der Waals surface area contributed by atoms with Crippen molar-refractivity contribution in [1.29, 1.82) is 0 Å². The quantitative estimate of drug-likeness (QED) is 0.206. The van der Waals surface area contributed by atoms with Crippen LogP contribution in [0.25, 0.3) is 0 Å². The van der Waals surface area contributed by atoms with E-state index < -0.39 is 0 Å². The summed E-state index contributed by atoms with van der Waals surface area (Å²) in [6.45, 7) is 4.54. The lowest BCUT2D eigenvalue weighted by atomic mass is 9.76. The second kappa shape index (κ2) is 17.2. The summed E-state index contributed by atoms with van der Waals surface area (Å²) in [6.07, 6.45) is 24.7. The molecule has 0 atom stereocenters. The van der Waals surface area contributed by atoms with Crippen LogP contribution in [0.4, 0.5) is 0 Å². The molecule has 0 aliphatic heterocycles. The Labute approximate surface area is 246 Å². The first-order valence-electron chi connectivity index (χ1n) is 17.3. The monoisotopic (exact) mass is 542 g/mol. The molecule has 220 valence electrons. The van der Waals surface area contributed by atoms with Crippen LogP contribution in [-0.2, 0) is 17.6 Å². The lowest BCUT2D eigenvalue weighted by molar-refractivity contribution is -0.119. The van der Waals surface area contributed by atoms with E-state index in [0.29, 0.717) is 5.78 Å². The van der Waals surface area contributed by atoms with Gasteiger partial charge in [-0.05, 0) is 136 Å². The number of Topliss-reactive ketones (excluding diaryl/α,β-unsaturated/α-hetero) is 1. The molecule has 0 bridgehead atoms. The third-order valence-corrected chi connectivity index (χ3v) is 10.4. The zero-order valence-corrected chi connectivity index (χ0v) is 26.0. The molecule has 0 aromatic heterocycles. The molecule has 1 nitrogen and oxygen atoms in total. The van der Waals surface area contributed by atoms with Crippen LogP contribution in [0.3, 0.4) is 0 Å². The molecule has 2 aliphatic carbocycles. The third kappa shape index (κ3) is 10.2. The fourth-order valence-electron chi connectivity index (χ4n) is 7.54. The highest BCUT2D eigenvalue weighted by molar-refractivity contribution is 5.78. The summed E-state index contributed by atoms with van der Waals surface area (Å²) >= 11 is 0. The molecule has 40 heavy (non-hydrogen) atoms. The highest BCUT2D eigenvalue weighted by Gasteiger charge is 2.24. The lowest BCUT2D eigenvalue weighted by Gasteiger charge is -2.29. The van der Waals surface area contributed by atoms with Crippen molar-refractivity contribution in [3.63, 3.8) is 0 Å². The molecule has 0 heterocycles. The molecule has 0 spiro atoms. The van der Waals surface area contributed by atoms with E-state index in [-0.39, 0.29) is 0 Å². The van der Waals surface area contributed by atoms with Crippen molar-refractivity contribution in [2.75, 3.05) is 0 Å². The molecule has 0 amide bonds. The van der Waals surface area contributed by atoms with Crippen molar-refractivity contribution in [2.24, 2.45) is 11.8 Å². The minimum Gasteiger partial charge on any atom is -0.300 e. The van der Waals surface area contributed by atoms with Crippen LogP contribution >= 0.6 is 0 Å². The van der Waals surface area contributed by atoms with Crippen molar-refractivity contribution in [3.8, 4) is 0 Å². The predicted molar refractivity (Wildman–Crippen MR) is 172 cm³/mol. The van der Waals surface area contributed by atoms with Crippen molar-refractivity contribution in [3.05, 3.63) is 70.8 Å². The summed E-state index contributed by atoms with van der Waals surface area (Å²) in [5.74, 6) is 3.72. The summed E-state index contributed by atoms with van der Waals surface area (Å²) in [4.78, 5) is 12.6. The van der Waals surface area contributed by atoms with E-state index in [1.54, 1.807) is 11.1 Å². The largest absolute Gasteiger partial charge is 0.300 e. The van der Waals surface area contributed by atoms with Gasteiger partial charge in [0, 0.05) is 12.8 Å². The Bertz CT molecular complexity index is 875. The van der Waals surface area contributed by atoms with E-state index in [9.17, 15) is 4.79 Å². The molecule has 2 aromatic carbocycles. The van der Waals surface area contributed by atoms with Crippen LogP contribution in [0.15, 0.2) is 48.5 Å². The number of unbranched alkanes of at least 4 members (excludes halogenated alkanes) is 2. The maximum Gasteiger partial charge on any atom is 0.132 e. The van der Waals surface area contributed by atoms with E-state index in [4.69, 9.17) is 0 Å². The molecule has 2 saturated carbocycles. The molecular weight excluding hydrogens is 484 g/mol. The zero-order valence-electron chi connectivity index (χ0n) is 26.0. The van der Waals surface area contributed by atoms with Gasteiger partial charge in [-0.1, -0.05) is 88.1 Å². The molecule has 2 fully saturated rings. The second-order valence-electron chi connectivity index (χ2n) is 13.4. The van der Waals surface area contributed by atoms with Gasteiger partial charge in [-0.2, -0.15) is 0 Å². The van der Waals surface area contributed by atoms with Gasteiger partial charge in [-0.3, -0.25) is 4.79 Å². The molecule has 4 rings (SSSR count). The predicted octanol–water partition coefficient (Wildman–Crippen LogP) is 11.5. The normalized spacial score (nSPS) is 23.2. The topological polar surface area (TPSA) is 17.1 Å². The van der Waals surface area contributed by atoms with Gasteiger partial charge < -0.3 is 0 Å². The first kappa shape index (κ1) is 31.1. The van der Waals surface area contributed by atoms with E-state index in [1.807, 2.05) is 0 Å². The highest BCUT2D eigenvalue weighted by Crippen LogP contribution is 2.39. The minimum atomic E-state index is 0.522. The summed E-state index contributed by atoms with van der Waals surface area (Å²) in [6, 6.07) is 19.0. The van der Waals surface area contributed by atoms with Crippen LogP contribution in [-0.4, -0.2) is 5.78 Å². The van der Waals surface area contributed by atoms with Crippen LogP contribution in [0, 0.1) is 11.8 Å². The smallest absolute Gasteiger partial charge is 0.132 e. The Balaban J connectivity index is 1.03. The zero-order chi connectivity index (χ0) is 28.0. The van der Waals surface area contributed by atoms with Gasteiger partial charge >= 0.3 is 0 Å². The molecule has 1 heteroatoms. The number of rotatable bonds is 16. The standard InChI is InChI=1S/C39H58O/c1-3-5-9-31-15-23-35(24-16-31)37-27-19-33(20-28-37)11-7-13-39(40)14-8-12-34-21-29-38(30-22-34)36-25-17-32(18-26-36)10-6-4-2/h15-18,23-26,33-34,37-38H,3-14,19-22,27-30H2,1-2H3/t33-,34?,37-,38?. The van der Waals surface area contributed by atoms with Crippen LogP contribution in [0.1, 0.15) is 164 Å². The average Bonchev–Trinajstić information content (AvgIpc) is 3.00. The molecule has 0 N–H and O–H groups in total. The number of hydrogen-bond acceptors (Lipinski definition) is 1. The van der Waals surface area contributed by atoms with E-state index in [2.05, 4.69) is 62.4 Å². The number of carbonyl (C=O) groups excluding carboxylic acids is 1. The van der Waals surface area contributed by atoms with Gasteiger partial charge in [0.25, 0.3) is 0 Å². The molecule has 2 aliphatic rings. The molecule has 0 radical (unpaired) electrons. The fourth-order valence-corrected chi connectivity index (χ4v) is 7.54.